The van der Waals surface area contributed by atoms with E-state index in [1.807, 2.05) is 50.4 Å². The maximum absolute atomic E-state index is 12.7. The first kappa shape index (κ1) is 17.3. The number of nitrogens with one attached hydrogen (secondary N) is 1. The number of amides is 1. The van der Waals surface area contributed by atoms with Crippen LogP contribution in [0.25, 0.3) is 0 Å². The van der Waals surface area contributed by atoms with Crippen molar-refractivity contribution < 1.29 is 9.53 Å². The van der Waals surface area contributed by atoms with Crippen molar-refractivity contribution in [3.63, 3.8) is 0 Å². The molecule has 1 fully saturated rings. The summed E-state index contributed by atoms with van der Waals surface area (Å²) in [5.41, 5.74) is 2.24. The lowest BCUT2D eigenvalue weighted by atomic mass is 10.1. The summed E-state index contributed by atoms with van der Waals surface area (Å²) in [5.74, 6) is 0.497. The fraction of sp³-hybridized carbons (Fsp3) is 0.400. The van der Waals surface area contributed by atoms with Crippen molar-refractivity contribution in [2.24, 2.45) is 0 Å². The number of rotatable bonds is 5. The third kappa shape index (κ3) is 4.50. The lowest BCUT2D eigenvalue weighted by molar-refractivity contribution is 0.102. The van der Waals surface area contributed by atoms with Crippen molar-refractivity contribution in [1.82, 2.24) is 4.98 Å². The topological polar surface area (TPSA) is 54.5 Å². The van der Waals surface area contributed by atoms with E-state index in [1.165, 1.54) is 19.3 Å². The van der Waals surface area contributed by atoms with Crippen LogP contribution in [0.3, 0.4) is 0 Å². The molecule has 5 nitrogen and oxygen atoms in total. The molecule has 0 atom stereocenters. The van der Waals surface area contributed by atoms with Gasteiger partial charge in [-0.25, -0.2) is 0 Å². The largest absolute Gasteiger partial charge is 0.489 e. The molecule has 1 aromatic heterocycles. The summed E-state index contributed by atoms with van der Waals surface area (Å²) < 4.78 is 5.76. The Hall–Kier alpha value is -2.56. The van der Waals surface area contributed by atoms with Gasteiger partial charge in [-0.2, -0.15) is 0 Å². The summed E-state index contributed by atoms with van der Waals surface area (Å²) in [6, 6.07) is 9.40. The molecule has 132 valence electrons. The summed E-state index contributed by atoms with van der Waals surface area (Å²) in [4.78, 5) is 19.2. The third-order valence-electron chi connectivity index (χ3n) is 4.21. The Balaban J connectivity index is 1.75. The van der Waals surface area contributed by atoms with Crippen molar-refractivity contribution in [3.8, 4) is 5.75 Å². The summed E-state index contributed by atoms with van der Waals surface area (Å²) in [7, 11) is 0. The van der Waals surface area contributed by atoms with Crippen molar-refractivity contribution in [1.29, 1.82) is 0 Å². The molecule has 2 heterocycles. The molecule has 0 radical (unpaired) electrons. The Labute approximate surface area is 149 Å². The van der Waals surface area contributed by atoms with E-state index in [2.05, 4.69) is 15.2 Å². The van der Waals surface area contributed by atoms with Crippen molar-refractivity contribution in [2.45, 2.75) is 39.2 Å². The average Bonchev–Trinajstić information content (AvgIpc) is 2.64. The molecule has 1 amide bonds. The molecule has 1 N–H and O–H groups in total. The number of hydrogen-bond donors (Lipinski definition) is 1. The summed E-state index contributed by atoms with van der Waals surface area (Å²) in [6.07, 6.45) is 7.14. The van der Waals surface area contributed by atoms with Crippen molar-refractivity contribution >= 4 is 17.3 Å². The predicted octanol–water partition coefficient (Wildman–Crippen LogP) is 4.11. The third-order valence-corrected chi connectivity index (χ3v) is 4.21. The molecule has 0 bridgehead atoms. The minimum absolute atomic E-state index is 0.0437. The van der Waals surface area contributed by atoms with Gasteiger partial charge in [0.15, 0.2) is 0 Å². The highest BCUT2D eigenvalue weighted by Crippen LogP contribution is 2.26. The van der Waals surface area contributed by atoms with Crippen LogP contribution in [0.15, 0.2) is 42.7 Å². The fourth-order valence-electron chi connectivity index (χ4n) is 3.00. The van der Waals surface area contributed by atoms with E-state index in [0.29, 0.717) is 17.0 Å². The van der Waals surface area contributed by atoms with Crippen LogP contribution in [-0.4, -0.2) is 30.1 Å². The highest BCUT2D eigenvalue weighted by atomic mass is 16.5. The van der Waals surface area contributed by atoms with E-state index in [-0.39, 0.29) is 12.0 Å². The standard InChI is InChI=1S/C20H25N3O2/c1-15(2)25-19-9-5-4-8-18(19)22-20(24)16-12-17(14-21-13-16)23-10-6-3-7-11-23/h4-5,8-9,12-15H,3,6-7,10-11H2,1-2H3,(H,22,24). The smallest absolute Gasteiger partial charge is 0.257 e. The number of benzene rings is 1. The van der Waals surface area contributed by atoms with E-state index in [0.717, 1.165) is 18.8 Å². The lowest BCUT2D eigenvalue weighted by Crippen LogP contribution is -2.29. The number of ether oxygens (including phenoxy) is 1. The number of para-hydroxylation sites is 2. The van der Waals surface area contributed by atoms with Crippen LogP contribution in [0.2, 0.25) is 0 Å². The quantitative estimate of drug-likeness (QED) is 0.890. The number of carbonyl (C=O) groups excluding carboxylic acids is 1. The number of aromatic nitrogens is 1. The van der Waals surface area contributed by atoms with Crippen LogP contribution in [0, 0.1) is 0 Å². The van der Waals surface area contributed by atoms with E-state index in [1.54, 1.807) is 6.20 Å². The predicted molar refractivity (Wildman–Crippen MR) is 100 cm³/mol. The summed E-state index contributed by atoms with van der Waals surface area (Å²) in [5, 5.41) is 2.94. The number of carbonyl (C=O) groups is 1. The molecule has 0 aliphatic carbocycles. The van der Waals surface area contributed by atoms with Gasteiger partial charge in [0.05, 0.1) is 29.2 Å². The highest BCUT2D eigenvalue weighted by molar-refractivity contribution is 6.05. The molecule has 2 aromatic rings. The van der Waals surface area contributed by atoms with E-state index >= 15 is 0 Å². The maximum Gasteiger partial charge on any atom is 0.257 e. The Kier molecular flexibility index (Phi) is 5.53. The monoisotopic (exact) mass is 339 g/mol. The number of pyridine rings is 1. The van der Waals surface area contributed by atoms with Crippen LogP contribution >= 0.6 is 0 Å². The molecule has 0 unspecified atom stereocenters. The Morgan fingerprint density at radius 3 is 2.68 bits per heavy atom. The van der Waals surface area contributed by atoms with Crippen LogP contribution in [0.1, 0.15) is 43.5 Å². The van der Waals surface area contributed by atoms with Gasteiger partial charge in [-0.1, -0.05) is 12.1 Å². The number of anilines is 2. The number of piperidine rings is 1. The van der Waals surface area contributed by atoms with Gasteiger partial charge in [0, 0.05) is 19.3 Å². The number of hydrogen-bond acceptors (Lipinski definition) is 4. The zero-order chi connectivity index (χ0) is 17.6. The Bertz CT molecular complexity index is 724. The summed E-state index contributed by atoms with van der Waals surface area (Å²) in [6.45, 7) is 5.98. The number of nitrogens with zero attached hydrogens (tertiary/aromatic N) is 2. The average molecular weight is 339 g/mol. The zero-order valence-corrected chi connectivity index (χ0v) is 14.9. The Morgan fingerprint density at radius 2 is 1.92 bits per heavy atom. The second-order valence-electron chi connectivity index (χ2n) is 6.60. The normalized spacial score (nSPS) is 14.4. The van der Waals surface area contributed by atoms with Crippen molar-refractivity contribution in [3.05, 3.63) is 48.3 Å². The van der Waals surface area contributed by atoms with Gasteiger partial charge in [-0.05, 0) is 51.3 Å². The van der Waals surface area contributed by atoms with E-state index in [4.69, 9.17) is 4.74 Å². The molecule has 1 saturated heterocycles. The van der Waals surface area contributed by atoms with Gasteiger partial charge in [0.25, 0.3) is 5.91 Å². The molecular weight excluding hydrogens is 314 g/mol. The molecule has 3 rings (SSSR count). The van der Waals surface area contributed by atoms with Crippen LogP contribution < -0.4 is 15.0 Å². The molecule has 1 aliphatic heterocycles. The van der Waals surface area contributed by atoms with Gasteiger partial charge in [-0.3, -0.25) is 9.78 Å². The van der Waals surface area contributed by atoms with Crippen LogP contribution in [0.4, 0.5) is 11.4 Å². The molecule has 1 aliphatic rings. The summed E-state index contributed by atoms with van der Waals surface area (Å²) >= 11 is 0. The minimum atomic E-state index is -0.175. The zero-order valence-electron chi connectivity index (χ0n) is 14.9. The lowest BCUT2D eigenvalue weighted by Gasteiger charge is -2.28. The molecule has 0 spiro atoms. The SMILES string of the molecule is CC(C)Oc1ccccc1NC(=O)c1cncc(N2CCCCC2)c1. The molecule has 0 saturated carbocycles. The fourth-order valence-corrected chi connectivity index (χ4v) is 3.00. The van der Waals surface area contributed by atoms with Gasteiger partial charge in [0.1, 0.15) is 5.75 Å². The minimum Gasteiger partial charge on any atom is -0.489 e. The highest BCUT2D eigenvalue weighted by Gasteiger charge is 2.15. The van der Waals surface area contributed by atoms with E-state index < -0.39 is 0 Å². The first-order valence-corrected chi connectivity index (χ1v) is 8.90. The van der Waals surface area contributed by atoms with Gasteiger partial charge in [-0.15, -0.1) is 0 Å². The molecule has 1 aromatic carbocycles. The van der Waals surface area contributed by atoms with Gasteiger partial charge < -0.3 is 15.0 Å². The first-order valence-electron chi connectivity index (χ1n) is 8.90. The maximum atomic E-state index is 12.7. The molecular formula is C20H25N3O2. The first-order chi connectivity index (χ1) is 12.1. The van der Waals surface area contributed by atoms with E-state index in [9.17, 15) is 4.79 Å². The molecule has 5 heteroatoms. The Morgan fingerprint density at radius 1 is 1.16 bits per heavy atom. The van der Waals surface area contributed by atoms with Crippen LogP contribution in [-0.2, 0) is 0 Å². The van der Waals surface area contributed by atoms with Crippen LogP contribution in [0.5, 0.6) is 5.75 Å². The molecule has 25 heavy (non-hydrogen) atoms. The van der Waals surface area contributed by atoms with Gasteiger partial charge in [0.2, 0.25) is 0 Å². The van der Waals surface area contributed by atoms with Gasteiger partial charge >= 0.3 is 0 Å². The second-order valence-corrected chi connectivity index (χ2v) is 6.60. The second kappa shape index (κ2) is 8.01. The van der Waals surface area contributed by atoms with Crippen molar-refractivity contribution in [2.75, 3.05) is 23.3 Å².